The summed E-state index contributed by atoms with van der Waals surface area (Å²) in [6.07, 6.45) is 1.78. The molecule has 1 unspecified atom stereocenters. The third kappa shape index (κ3) is 2.69. The number of ether oxygens (including phenoxy) is 1. The van der Waals surface area contributed by atoms with E-state index in [1.807, 2.05) is 6.07 Å². The molecule has 1 aliphatic heterocycles. The number of anilines is 1. The van der Waals surface area contributed by atoms with Crippen molar-refractivity contribution in [3.05, 3.63) is 23.9 Å². The topological polar surface area (TPSA) is 71.6 Å². The van der Waals surface area contributed by atoms with Gasteiger partial charge in [-0.05, 0) is 11.6 Å². The van der Waals surface area contributed by atoms with Gasteiger partial charge >= 0.3 is 0 Å². The van der Waals surface area contributed by atoms with Gasteiger partial charge in [0.25, 0.3) is 0 Å². The summed E-state index contributed by atoms with van der Waals surface area (Å²) < 4.78 is 5.32. The van der Waals surface area contributed by atoms with Crippen molar-refractivity contribution in [2.75, 3.05) is 32.1 Å². The fourth-order valence-corrected chi connectivity index (χ4v) is 1.83. The van der Waals surface area contributed by atoms with Crippen LogP contribution in [0.3, 0.4) is 0 Å². The van der Waals surface area contributed by atoms with E-state index in [1.165, 1.54) is 0 Å². The molecule has 2 heterocycles. The Morgan fingerprint density at radius 3 is 3.12 bits per heavy atom. The number of hydrogen-bond acceptors (Lipinski definition) is 5. The summed E-state index contributed by atoms with van der Waals surface area (Å²) in [5.41, 5.74) is 6.63. The van der Waals surface area contributed by atoms with E-state index in [0.717, 1.165) is 25.3 Å². The van der Waals surface area contributed by atoms with Gasteiger partial charge in [0, 0.05) is 19.3 Å². The maximum Gasteiger partial charge on any atom is 0.123 e. The van der Waals surface area contributed by atoms with Crippen LogP contribution in [0.1, 0.15) is 5.56 Å². The van der Waals surface area contributed by atoms with Gasteiger partial charge in [-0.1, -0.05) is 6.07 Å². The normalized spacial score (nSPS) is 22.2. The third-order valence-corrected chi connectivity index (χ3v) is 2.79. The lowest BCUT2D eigenvalue weighted by atomic mass is 10.2. The molecule has 1 aromatic heterocycles. The first-order valence-corrected chi connectivity index (χ1v) is 5.42. The van der Waals surface area contributed by atoms with Gasteiger partial charge in [-0.2, -0.15) is 0 Å². The molecule has 1 aliphatic rings. The second-order valence-corrected chi connectivity index (χ2v) is 3.97. The lowest BCUT2D eigenvalue weighted by Gasteiger charge is -2.34. The Labute approximate surface area is 94.8 Å². The minimum Gasteiger partial charge on any atom is -0.395 e. The summed E-state index contributed by atoms with van der Waals surface area (Å²) in [6.45, 7) is 3.07. The number of nitrogens with two attached hydrogens (primary N) is 1. The lowest BCUT2D eigenvalue weighted by molar-refractivity contribution is -0.0313. The predicted octanol–water partition coefficient (Wildman–Crippen LogP) is -0.143. The summed E-state index contributed by atoms with van der Waals surface area (Å²) in [5, 5.41) is 9.23. The molecule has 0 spiro atoms. The Balaban J connectivity index is 1.99. The summed E-state index contributed by atoms with van der Waals surface area (Å²) >= 11 is 0. The van der Waals surface area contributed by atoms with Crippen molar-refractivity contribution in [2.24, 2.45) is 0 Å². The van der Waals surface area contributed by atoms with Gasteiger partial charge in [0.2, 0.25) is 0 Å². The molecule has 88 valence electrons. The van der Waals surface area contributed by atoms with Crippen LogP contribution in [0.15, 0.2) is 18.3 Å². The van der Waals surface area contributed by atoms with Gasteiger partial charge in [-0.15, -0.1) is 0 Å². The molecule has 2 rings (SSSR count). The molecule has 1 saturated heterocycles. The van der Waals surface area contributed by atoms with Crippen molar-refractivity contribution < 1.29 is 9.84 Å². The van der Waals surface area contributed by atoms with Gasteiger partial charge in [0.1, 0.15) is 5.82 Å². The molecular weight excluding hydrogens is 206 g/mol. The molecule has 5 nitrogen and oxygen atoms in total. The fraction of sp³-hybridized carbons (Fsp3) is 0.545. The van der Waals surface area contributed by atoms with E-state index in [1.54, 1.807) is 12.3 Å². The number of pyridine rings is 1. The predicted molar refractivity (Wildman–Crippen MR) is 60.8 cm³/mol. The molecule has 5 heteroatoms. The highest BCUT2D eigenvalue weighted by Gasteiger charge is 2.22. The minimum atomic E-state index is 0.0892. The smallest absolute Gasteiger partial charge is 0.123 e. The number of aromatic nitrogens is 1. The van der Waals surface area contributed by atoms with Crippen LogP contribution in [0.25, 0.3) is 0 Å². The Bertz CT molecular complexity index is 329. The zero-order valence-electron chi connectivity index (χ0n) is 9.17. The van der Waals surface area contributed by atoms with Crippen LogP contribution >= 0.6 is 0 Å². The number of aliphatic hydroxyl groups excluding tert-OH is 1. The van der Waals surface area contributed by atoms with Crippen LogP contribution in [0.4, 0.5) is 5.82 Å². The zero-order valence-corrected chi connectivity index (χ0v) is 9.17. The quantitative estimate of drug-likeness (QED) is 0.746. The van der Waals surface area contributed by atoms with Crippen molar-refractivity contribution in [3.63, 3.8) is 0 Å². The number of aliphatic hydroxyl groups is 1. The standard InChI is InChI=1S/C11H17N3O2/c12-11-2-1-9(5-13-11)6-14-3-4-16-8-10(14)7-15/h1-2,5,10,15H,3-4,6-8H2,(H2,12,13). The average molecular weight is 223 g/mol. The van der Waals surface area contributed by atoms with Crippen LogP contribution in [0, 0.1) is 0 Å². The first-order chi connectivity index (χ1) is 7.79. The van der Waals surface area contributed by atoms with Gasteiger partial charge in [-0.25, -0.2) is 4.98 Å². The number of nitrogens with zero attached hydrogens (tertiary/aromatic N) is 2. The van der Waals surface area contributed by atoms with E-state index < -0.39 is 0 Å². The minimum absolute atomic E-state index is 0.0892. The summed E-state index contributed by atoms with van der Waals surface area (Å²) in [4.78, 5) is 6.26. The van der Waals surface area contributed by atoms with Gasteiger partial charge in [0.05, 0.1) is 25.9 Å². The maximum atomic E-state index is 9.23. The highest BCUT2D eigenvalue weighted by atomic mass is 16.5. The van der Waals surface area contributed by atoms with E-state index >= 15 is 0 Å². The zero-order chi connectivity index (χ0) is 11.4. The molecule has 0 amide bonds. The Kier molecular flexibility index (Phi) is 3.71. The Hall–Kier alpha value is -1.17. The largest absolute Gasteiger partial charge is 0.395 e. The van der Waals surface area contributed by atoms with Crippen molar-refractivity contribution >= 4 is 5.82 Å². The molecule has 16 heavy (non-hydrogen) atoms. The van der Waals surface area contributed by atoms with Crippen LogP contribution in [-0.2, 0) is 11.3 Å². The fourth-order valence-electron chi connectivity index (χ4n) is 1.83. The first-order valence-electron chi connectivity index (χ1n) is 5.42. The number of rotatable bonds is 3. The first kappa shape index (κ1) is 11.3. The highest BCUT2D eigenvalue weighted by Crippen LogP contribution is 2.12. The molecule has 0 saturated carbocycles. The molecule has 3 N–H and O–H groups in total. The van der Waals surface area contributed by atoms with E-state index in [0.29, 0.717) is 12.4 Å². The second-order valence-electron chi connectivity index (χ2n) is 3.97. The summed E-state index contributed by atoms with van der Waals surface area (Å²) in [7, 11) is 0. The maximum absolute atomic E-state index is 9.23. The van der Waals surface area contributed by atoms with Gasteiger partial charge in [-0.3, -0.25) is 4.90 Å². The third-order valence-electron chi connectivity index (χ3n) is 2.79. The summed E-state index contributed by atoms with van der Waals surface area (Å²) in [5.74, 6) is 0.532. The van der Waals surface area contributed by atoms with Crippen molar-refractivity contribution in [1.82, 2.24) is 9.88 Å². The Morgan fingerprint density at radius 2 is 2.44 bits per heavy atom. The molecule has 1 fully saturated rings. The molecule has 0 aromatic carbocycles. The monoisotopic (exact) mass is 223 g/mol. The molecule has 0 bridgehead atoms. The highest BCUT2D eigenvalue weighted by molar-refractivity contribution is 5.29. The summed E-state index contributed by atoms with van der Waals surface area (Å²) in [6, 6.07) is 3.85. The van der Waals surface area contributed by atoms with E-state index in [2.05, 4.69) is 9.88 Å². The van der Waals surface area contributed by atoms with Crippen molar-refractivity contribution in [1.29, 1.82) is 0 Å². The van der Waals surface area contributed by atoms with E-state index in [4.69, 9.17) is 10.5 Å². The average Bonchev–Trinajstić information content (AvgIpc) is 2.33. The molecule has 0 aliphatic carbocycles. The number of hydrogen-bond donors (Lipinski definition) is 2. The van der Waals surface area contributed by atoms with Crippen LogP contribution in [-0.4, -0.2) is 47.4 Å². The second kappa shape index (κ2) is 5.25. The SMILES string of the molecule is Nc1ccc(CN2CCOCC2CO)cn1. The van der Waals surface area contributed by atoms with E-state index in [9.17, 15) is 5.11 Å². The molecular formula is C11H17N3O2. The van der Waals surface area contributed by atoms with Crippen molar-refractivity contribution in [3.8, 4) is 0 Å². The number of nitrogen functional groups attached to an aromatic ring is 1. The van der Waals surface area contributed by atoms with Gasteiger partial charge in [0.15, 0.2) is 0 Å². The van der Waals surface area contributed by atoms with Crippen LogP contribution in [0.2, 0.25) is 0 Å². The van der Waals surface area contributed by atoms with Crippen LogP contribution < -0.4 is 5.73 Å². The Morgan fingerprint density at radius 1 is 1.56 bits per heavy atom. The van der Waals surface area contributed by atoms with Gasteiger partial charge < -0.3 is 15.6 Å². The van der Waals surface area contributed by atoms with Crippen molar-refractivity contribution in [2.45, 2.75) is 12.6 Å². The molecule has 1 atom stereocenters. The van der Waals surface area contributed by atoms with E-state index in [-0.39, 0.29) is 12.6 Å². The number of morpholine rings is 1. The molecule has 0 radical (unpaired) electrons. The molecule has 1 aromatic rings. The lowest BCUT2D eigenvalue weighted by Crippen LogP contribution is -2.46. The van der Waals surface area contributed by atoms with Crippen LogP contribution in [0.5, 0.6) is 0 Å².